The highest BCUT2D eigenvalue weighted by Gasteiger charge is 2.11. The molecular weight excluding hydrogens is 279 g/mol. The van der Waals surface area contributed by atoms with E-state index in [0.29, 0.717) is 5.17 Å². The number of nitrogens with two attached hydrogens (primary N) is 1. The van der Waals surface area contributed by atoms with Gasteiger partial charge < -0.3 is 5.84 Å². The van der Waals surface area contributed by atoms with Crippen molar-refractivity contribution in [3.8, 4) is 0 Å². The molecule has 0 saturated carbocycles. The third-order valence-corrected chi connectivity index (χ3v) is 3.47. The maximum atomic E-state index is 6.01. The van der Waals surface area contributed by atoms with Crippen LogP contribution in [0.15, 0.2) is 64.8 Å². The molecule has 4 heteroatoms. The number of hydrogen-bond donors (Lipinski definition) is 1. The fraction of sp³-hybridized carbons (Fsp3) is 0.133. The van der Waals surface area contributed by atoms with E-state index < -0.39 is 0 Å². The molecule has 1 aromatic rings. The molecule has 0 amide bonds. The molecule has 0 heterocycles. The molecule has 1 aliphatic carbocycles. The summed E-state index contributed by atoms with van der Waals surface area (Å²) in [5, 5.41) is 4.64. The summed E-state index contributed by atoms with van der Waals surface area (Å²) >= 11 is 11.9. The number of benzene rings is 1. The van der Waals surface area contributed by atoms with Crippen LogP contribution in [0, 0.1) is 0 Å². The standard InChI is InChI=1S/C15H14Cl2N2/c16-13-9-6-11(7-10-13)5-8-12-3-1-2-4-14(12)15(17)19-18/h1-2,4,6-10H,3,5,18H2. The van der Waals surface area contributed by atoms with Crippen molar-refractivity contribution in [1.29, 1.82) is 0 Å². The molecule has 0 radical (unpaired) electrons. The van der Waals surface area contributed by atoms with E-state index in [2.05, 4.69) is 17.3 Å². The maximum absolute atomic E-state index is 6.01. The molecule has 0 bridgehead atoms. The van der Waals surface area contributed by atoms with Gasteiger partial charge in [0.15, 0.2) is 5.17 Å². The summed E-state index contributed by atoms with van der Waals surface area (Å²) in [5.74, 6) is 5.24. The number of allylic oxidation sites excluding steroid dienone is 6. The normalized spacial score (nSPS) is 17.7. The average Bonchev–Trinajstić information content (AvgIpc) is 2.46. The van der Waals surface area contributed by atoms with E-state index in [-0.39, 0.29) is 0 Å². The first-order valence-electron chi connectivity index (χ1n) is 5.95. The van der Waals surface area contributed by atoms with E-state index in [0.717, 1.165) is 29.0 Å². The monoisotopic (exact) mass is 292 g/mol. The van der Waals surface area contributed by atoms with Gasteiger partial charge in [0.25, 0.3) is 0 Å². The highest BCUT2D eigenvalue weighted by molar-refractivity contribution is 6.70. The molecule has 2 N–H and O–H groups in total. The number of hydrazone groups is 1. The van der Waals surface area contributed by atoms with Crippen LogP contribution in [0.3, 0.4) is 0 Å². The average molecular weight is 293 g/mol. The van der Waals surface area contributed by atoms with Crippen molar-refractivity contribution in [3.05, 3.63) is 70.3 Å². The van der Waals surface area contributed by atoms with Crippen LogP contribution in [0.5, 0.6) is 0 Å². The van der Waals surface area contributed by atoms with Crippen molar-refractivity contribution < 1.29 is 0 Å². The SMILES string of the molecule is NN=C(Cl)C1=CC=CCC1=CCc1ccc(Cl)cc1. The van der Waals surface area contributed by atoms with Crippen molar-refractivity contribution in [2.24, 2.45) is 10.9 Å². The zero-order valence-electron chi connectivity index (χ0n) is 10.3. The largest absolute Gasteiger partial charge is 0.322 e. The van der Waals surface area contributed by atoms with E-state index in [1.165, 1.54) is 5.56 Å². The van der Waals surface area contributed by atoms with Crippen LogP contribution in [0.4, 0.5) is 0 Å². The molecule has 2 rings (SSSR count). The summed E-state index contributed by atoms with van der Waals surface area (Å²) in [5.41, 5.74) is 3.23. The van der Waals surface area contributed by atoms with Crippen molar-refractivity contribution in [3.63, 3.8) is 0 Å². The van der Waals surface area contributed by atoms with Gasteiger partial charge in [-0.3, -0.25) is 0 Å². The van der Waals surface area contributed by atoms with Gasteiger partial charge in [-0.15, -0.1) is 0 Å². The molecule has 1 aliphatic rings. The van der Waals surface area contributed by atoms with Gasteiger partial charge in [0.2, 0.25) is 0 Å². The van der Waals surface area contributed by atoms with Crippen LogP contribution in [-0.2, 0) is 6.42 Å². The highest BCUT2D eigenvalue weighted by atomic mass is 35.5. The van der Waals surface area contributed by atoms with Crippen molar-refractivity contribution >= 4 is 28.4 Å². The second kappa shape index (κ2) is 6.60. The van der Waals surface area contributed by atoms with Crippen LogP contribution in [-0.4, -0.2) is 5.17 Å². The van der Waals surface area contributed by atoms with E-state index in [1.807, 2.05) is 36.4 Å². The van der Waals surface area contributed by atoms with Crippen molar-refractivity contribution in [1.82, 2.24) is 0 Å². The summed E-state index contributed by atoms with van der Waals surface area (Å²) in [4.78, 5) is 0. The number of nitrogens with zero attached hydrogens (tertiary/aromatic N) is 1. The second-order valence-corrected chi connectivity index (χ2v) is 4.99. The minimum Gasteiger partial charge on any atom is -0.322 e. The minimum atomic E-state index is 0.340. The first kappa shape index (κ1) is 13.9. The molecule has 0 fully saturated rings. The number of halogens is 2. The Morgan fingerprint density at radius 2 is 2.05 bits per heavy atom. The minimum absolute atomic E-state index is 0.340. The first-order chi connectivity index (χ1) is 9.20. The highest BCUT2D eigenvalue weighted by Crippen LogP contribution is 2.23. The van der Waals surface area contributed by atoms with Gasteiger partial charge in [0.05, 0.1) is 0 Å². The van der Waals surface area contributed by atoms with Gasteiger partial charge in [-0.25, -0.2) is 0 Å². The molecule has 0 spiro atoms. The zero-order chi connectivity index (χ0) is 13.7. The Labute approximate surface area is 122 Å². The zero-order valence-corrected chi connectivity index (χ0v) is 11.8. The van der Waals surface area contributed by atoms with Crippen LogP contribution in [0.1, 0.15) is 12.0 Å². The van der Waals surface area contributed by atoms with Crippen LogP contribution >= 0.6 is 23.2 Å². The summed E-state index contributed by atoms with van der Waals surface area (Å²) in [6, 6.07) is 7.81. The topological polar surface area (TPSA) is 38.4 Å². The molecule has 19 heavy (non-hydrogen) atoms. The summed E-state index contributed by atoms with van der Waals surface area (Å²) in [6.07, 6.45) is 9.78. The molecule has 0 unspecified atom stereocenters. The van der Waals surface area contributed by atoms with Gasteiger partial charge in [-0.2, -0.15) is 5.10 Å². The predicted octanol–water partition coefficient (Wildman–Crippen LogP) is 4.21. The Balaban J connectivity index is 2.16. The lowest BCUT2D eigenvalue weighted by molar-refractivity contribution is 1.16. The Morgan fingerprint density at radius 1 is 1.32 bits per heavy atom. The molecule has 98 valence electrons. The molecule has 1 aromatic carbocycles. The lowest BCUT2D eigenvalue weighted by atomic mass is 9.96. The van der Waals surface area contributed by atoms with Gasteiger partial charge >= 0.3 is 0 Å². The second-order valence-electron chi connectivity index (χ2n) is 4.19. The fourth-order valence-electron chi connectivity index (χ4n) is 1.90. The molecular formula is C15H14Cl2N2. The van der Waals surface area contributed by atoms with Gasteiger partial charge in [-0.05, 0) is 36.1 Å². The molecule has 0 aliphatic heterocycles. The first-order valence-corrected chi connectivity index (χ1v) is 6.70. The number of hydrogen-bond acceptors (Lipinski definition) is 2. The van der Waals surface area contributed by atoms with E-state index >= 15 is 0 Å². The lowest BCUT2D eigenvalue weighted by Crippen LogP contribution is -2.04. The molecule has 0 saturated heterocycles. The van der Waals surface area contributed by atoms with E-state index in [1.54, 1.807) is 0 Å². The molecule has 2 nitrogen and oxygen atoms in total. The quantitative estimate of drug-likeness (QED) is 0.506. The summed E-state index contributed by atoms with van der Waals surface area (Å²) < 4.78 is 0. The summed E-state index contributed by atoms with van der Waals surface area (Å²) in [6.45, 7) is 0. The fourth-order valence-corrected chi connectivity index (χ4v) is 2.21. The number of rotatable bonds is 3. The van der Waals surface area contributed by atoms with E-state index in [9.17, 15) is 0 Å². The Morgan fingerprint density at radius 3 is 2.74 bits per heavy atom. The lowest BCUT2D eigenvalue weighted by Gasteiger charge is -2.11. The van der Waals surface area contributed by atoms with Crippen molar-refractivity contribution in [2.45, 2.75) is 12.8 Å². The third-order valence-electron chi connectivity index (χ3n) is 2.92. The molecule has 0 atom stereocenters. The Kier molecular flexibility index (Phi) is 4.83. The Bertz CT molecular complexity index is 566. The van der Waals surface area contributed by atoms with E-state index in [4.69, 9.17) is 29.0 Å². The summed E-state index contributed by atoms with van der Waals surface area (Å²) in [7, 11) is 0. The predicted molar refractivity (Wildman–Crippen MR) is 82.6 cm³/mol. The van der Waals surface area contributed by atoms with Gasteiger partial charge in [0.1, 0.15) is 0 Å². The maximum Gasteiger partial charge on any atom is 0.156 e. The van der Waals surface area contributed by atoms with Gasteiger partial charge in [-0.1, -0.05) is 59.6 Å². The Hall–Kier alpha value is -1.51. The van der Waals surface area contributed by atoms with Crippen LogP contribution in [0.2, 0.25) is 5.02 Å². The molecule has 0 aromatic heterocycles. The third kappa shape index (κ3) is 3.72. The van der Waals surface area contributed by atoms with Gasteiger partial charge in [0, 0.05) is 10.6 Å². The van der Waals surface area contributed by atoms with Crippen molar-refractivity contribution in [2.75, 3.05) is 0 Å². The van der Waals surface area contributed by atoms with Crippen LogP contribution in [0.25, 0.3) is 0 Å². The van der Waals surface area contributed by atoms with Crippen LogP contribution < -0.4 is 5.84 Å². The smallest absolute Gasteiger partial charge is 0.156 e.